The zero-order valence-electron chi connectivity index (χ0n) is 10.4. The summed E-state index contributed by atoms with van der Waals surface area (Å²) < 4.78 is 13.5. The molecular weight excluding hydrogens is 297 g/mol. The SMILES string of the molecule is CC1(C(=O)Cc2ccc(F)c(Br)c2)CCCNC1. The maximum absolute atomic E-state index is 13.1. The highest BCUT2D eigenvalue weighted by atomic mass is 79.9. The fourth-order valence-corrected chi connectivity index (χ4v) is 2.77. The molecule has 1 saturated heterocycles. The van der Waals surface area contributed by atoms with E-state index in [1.807, 2.05) is 6.92 Å². The van der Waals surface area contributed by atoms with E-state index in [0.29, 0.717) is 10.9 Å². The van der Waals surface area contributed by atoms with E-state index in [1.165, 1.54) is 6.07 Å². The number of halogens is 2. The minimum Gasteiger partial charge on any atom is -0.316 e. The third-order valence-corrected chi connectivity index (χ3v) is 4.23. The summed E-state index contributed by atoms with van der Waals surface area (Å²) in [4.78, 5) is 12.3. The number of piperidine rings is 1. The van der Waals surface area contributed by atoms with Crippen molar-refractivity contribution >= 4 is 21.7 Å². The van der Waals surface area contributed by atoms with Gasteiger partial charge in [-0.2, -0.15) is 0 Å². The van der Waals surface area contributed by atoms with Gasteiger partial charge in [0.15, 0.2) is 0 Å². The van der Waals surface area contributed by atoms with E-state index >= 15 is 0 Å². The zero-order chi connectivity index (χ0) is 13.2. The monoisotopic (exact) mass is 313 g/mol. The number of carbonyl (C=O) groups excluding carboxylic acids is 1. The molecule has 2 rings (SSSR count). The zero-order valence-corrected chi connectivity index (χ0v) is 12.0. The average Bonchev–Trinajstić information content (AvgIpc) is 2.35. The van der Waals surface area contributed by atoms with Gasteiger partial charge in [-0.15, -0.1) is 0 Å². The maximum Gasteiger partial charge on any atom is 0.144 e. The van der Waals surface area contributed by atoms with Crippen LogP contribution in [0.5, 0.6) is 0 Å². The van der Waals surface area contributed by atoms with E-state index in [2.05, 4.69) is 21.2 Å². The van der Waals surface area contributed by atoms with Crippen LogP contribution in [0.25, 0.3) is 0 Å². The Kier molecular flexibility index (Phi) is 4.17. The molecule has 0 aliphatic carbocycles. The first-order valence-electron chi connectivity index (χ1n) is 6.19. The Morgan fingerprint density at radius 1 is 1.56 bits per heavy atom. The van der Waals surface area contributed by atoms with Crippen LogP contribution < -0.4 is 5.32 Å². The summed E-state index contributed by atoms with van der Waals surface area (Å²) in [6.45, 7) is 3.75. The highest BCUT2D eigenvalue weighted by molar-refractivity contribution is 9.10. The third-order valence-electron chi connectivity index (χ3n) is 3.62. The van der Waals surface area contributed by atoms with Gasteiger partial charge in [0.25, 0.3) is 0 Å². The molecule has 0 bridgehead atoms. The predicted octanol–water partition coefficient (Wildman–Crippen LogP) is 3.09. The third kappa shape index (κ3) is 2.98. The quantitative estimate of drug-likeness (QED) is 0.929. The second kappa shape index (κ2) is 5.49. The summed E-state index contributed by atoms with van der Waals surface area (Å²) in [5.74, 6) is -0.0649. The van der Waals surface area contributed by atoms with Crippen LogP contribution in [0.1, 0.15) is 25.3 Å². The largest absolute Gasteiger partial charge is 0.316 e. The van der Waals surface area contributed by atoms with Crippen molar-refractivity contribution in [1.82, 2.24) is 5.32 Å². The molecule has 18 heavy (non-hydrogen) atoms. The van der Waals surface area contributed by atoms with Crippen molar-refractivity contribution in [2.75, 3.05) is 13.1 Å². The lowest BCUT2D eigenvalue weighted by atomic mass is 9.77. The number of Topliss-reactive ketones (excluding diaryl/α,β-unsaturated/α-hetero) is 1. The van der Waals surface area contributed by atoms with E-state index in [-0.39, 0.29) is 17.0 Å². The van der Waals surface area contributed by atoms with Crippen LogP contribution in [0.15, 0.2) is 22.7 Å². The highest BCUT2D eigenvalue weighted by Crippen LogP contribution is 2.28. The summed E-state index contributed by atoms with van der Waals surface area (Å²) in [5, 5.41) is 3.27. The molecule has 1 aliphatic rings. The summed E-state index contributed by atoms with van der Waals surface area (Å²) in [5.41, 5.74) is 0.583. The van der Waals surface area contributed by atoms with Gasteiger partial charge in [-0.3, -0.25) is 4.79 Å². The standard InChI is InChI=1S/C14H17BrFNO/c1-14(5-2-6-17-9-14)13(18)8-10-3-4-12(16)11(15)7-10/h3-4,7,17H,2,5-6,8-9H2,1H3. The second-order valence-corrected chi connectivity index (χ2v) is 6.04. The van der Waals surface area contributed by atoms with Crippen LogP contribution in [-0.4, -0.2) is 18.9 Å². The van der Waals surface area contributed by atoms with E-state index in [4.69, 9.17) is 0 Å². The molecule has 1 fully saturated rings. The van der Waals surface area contributed by atoms with Gasteiger partial charge >= 0.3 is 0 Å². The average molecular weight is 314 g/mol. The lowest BCUT2D eigenvalue weighted by Gasteiger charge is -2.32. The fraction of sp³-hybridized carbons (Fsp3) is 0.500. The molecule has 0 radical (unpaired) electrons. The molecule has 1 aromatic carbocycles. The number of ketones is 1. The first kappa shape index (κ1) is 13.7. The number of carbonyl (C=O) groups is 1. The topological polar surface area (TPSA) is 29.1 Å². The molecule has 98 valence electrons. The second-order valence-electron chi connectivity index (χ2n) is 5.19. The molecule has 2 nitrogen and oxygen atoms in total. The highest BCUT2D eigenvalue weighted by Gasteiger charge is 2.33. The molecule has 0 saturated carbocycles. The van der Waals surface area contributed by atoms with Gasteiger partial charge in [0, 0.05) is 18.4 Å². The van der Waals surface area contributed by atoms with Crippen molar-refractivity contribution in [1.29, 1.82) is 0 Å². The molecule has 1 unspecified atom stereocenters. The minimum absolute atomic E-state index is 0.230. The van der Waals surface area contributed by atoms with Crippen LogP contribution in [-0.2, 0) is 11.2 Å². The van der Waals surface area contributed by atoms with Crippen molar-refractivity contribution in [3.05, 3.63) is 34.1 Å². The molecule has 0 spiro atoms. The molecular formula is C14H17BrFNO. The first-order chi connectivity index (χ1) is 8.51. The van der Waals surface area contributed by atoms with Crippen molar-refractivity contribution in [2.24, 2.45) is 5.41 Å². The number of benzene rings is 1. The van der Waals surface area contributed by atoms with Crippen molar-refractivity contribution in [3.8, 4) is 0 Å². The lowest BCUT2D eigenvalue weighted by Crippen LogP contribution is -2.44. The Labute approximate surface area is 115 Å². The number of hydrogen-bond acceptors (Lipinski definition) is 2. The number of nitrogens with one attached hydrogen (secondary N) is 1. The van der Waals surface area contributed by atoms with E-state index in [0.717, 1.165) is 31.5 Å². The normalized spacial score (nSPS) is 23.9. The van der Waals surface area contributed by atoms with Crippen molar-refractivity contribution in [2.45, 2.75) is 26.2 Å². The summed E-state index contributed by atoms with van der Waals surface area (Å²) >= 11 is 3.15. The molecule has 4 heteroatoms. The Bertz CT molecular complexity index is 455. The minimum atomic E-state index is -0.295. The molecule has 0 aromatic heterocycles. The molecule has 1 N–H and O–H groups in total. The molecule has 1 aliphatic heterocycles. The van der Waals surface area contributed by atoms with Crippen LogP contribution in [0, 0.1) is 11.2 Å². The number of hydrogen-bond donors (Lipinski definition) is 1. The molecule has 1 heterocycles. The van der Waals surface area contributed by atoms with Crippen molar-refractivity contribution in [3.63, 3.8) is 0 Å². The van der Waals surface area contributed by atoms with Gasteiger partial charge in [-0.05, 0) is 53.0 Å². The Morgan fingerprint density at radius 3 is 2.94 bits per heavy atom. The Balaban J connectivity index is 2.08. The Hall–Kier alpha value is -0.740. The van der Waals surface area contributed by atoms with Crippen LogP contribution >= 0.6 is 15.9 Å². The molecule has 1 atom stereocenters. The first-order valence-corrected chi connectivity index (χ1v) is 6.98. The smallest absolute Gasteiger partial charge is 0.144 e. The predicted molar refractivity (Wildman–Crippen MR) is 73.0 cm³/mol. The molecule has 0 amide bonds. The van der Waals surface area contributed by atoms with E-state index in [1.54, 1.807) is 12.1 Å². The summed E-state index contributed by atoms with van der Waals surface area (Å²) in [7, 11) is 0. The van der Waals surface area contributed by atoms with Gasteiger partial charge in [0.1, 0.15) is 11.6 Å². The van der Waals surface area contributed by atoms with E-state index in [9.17, 15) is 9.18 Å². The van der Waals surface area contributed by atoms with Crippen LogP contribution in [0.3, 0.4) is 0 Å². The van der Waals surface area contributed by atoms with Gasteiger partial charge in [0.2, 0.25) is 0 Å². The summed E-state index contributed by atoms with van der Waals surface area (Å²) in [6, 6.07) is 4.76. The van der Waals surface area contributed by atoms with Gasteiger partial charge in [-0.1, -0.05) is 13.0 Å². The maximum atomic E-state index is 13.1. The van der Waals surface area contributed by atoms with Crippen molar-refractivity contribution < 1.29 is 9.18 Å². The van der Waals surface area contributed by atoms with Crippen LogP contribution in [0.2, 0.25) is 0 Å². The van der Waals surface area contributed by atoms with Gasteiger partial charge < -0.3 is 5.32 Å². The summed E-state index contributed by atoms with van der Waals surface area (Å²) in [6.07, 6.45) is 2.34. The lowest BCUT2D eigenvalue weighted by molar-refractivity contribution is -0.128. The Morgan fingerprint density at radius 2 is 2.33 bits per heavy atom. The fourth-order valence-electron chi connectivity index (χ4n) is 2.34. The van der Waals surface area contributed by atoms with Gasteiger partial charge in [-0.25, -0.2) is 4.39 Å². The van der Waals surface area contributed by atoms with Crippen LogP contribution in [0.4, 0.5) is 4.39 Å². The van der Waals surface area contributed by atoms with Gasteiger partial charge in [0.05, 0.1) is 4.47 Å². The molecule has 1 aromatic rings. The van der Waals surface area contributed by atoms with E-state index < -0.39 is 0 Å². The number of rotatable bonds is 3.